The fourth-order valence-corrected chi connectivity index (χ4v) is 0. The summed E-state index contributed by atoms with van der Waals surface area (Å²) in [6.07, 6.45) is 0. The fourth-order valence-electron chi connectivity index (χ4n) is 0. The van der Waals surface area contributed by atoms with Gasteiger partial charge in [-0.05, 0) is 0 Å². The molecule has 7 heteroatoms. The molecule has 0 aromatic carbocycles. The molecular formula is H6MoO6. The first-order chi connectivity index (χ1) is 2.00. The van der Waals surface area contributed by atoms with Crippen LogP contribution in [0.2, 0.25) is 0 Å². The van der Waals surface area contributed by atoms with Crippen LogP contribution in [0.4, 0.5) is 0 Å². The average Bonchev–Trinajstić information content (AvgIpc) is 0.722. The Morgan fingerprint density at radius 3 is 1.00 bits per heavy atom. The van der Waals surface area contributed by atoms with E-state index in [1.165, 1.54) is 0 Å². The molecule has 0 aliphatic carbocycles. The summed E-state index contributed by atoms with van der Waals surface area (Å²) in [6.45, 7) is 0. The molecule has 0 atom stereocenters. The first kappa shape index (κ1) is 15.7. The topological polar surface area (TPSA) is 138 Å². The molecule has 6 nitrogen and oxygen atoms in total. The molecule has 0 heterocycles. The van der Waals surface area contributed by atoms with E-state index in [4.69, 9.17) is 14.3 Å². The predicted molar refractivity (Wildman–Crippen MR) is 13.0 cm³/mol. The van der Waals surface area contributed by atoms with Crippen LogP contribution in [-0.2, 0) is 23.5 Å². The molecule has 0 aromatic heterocycles. The first-order valence-corrected chi connectivity index (χ1v) is 4.13. The molecule has 7 heavy (non-hydrogen) atoms. The van der Waals surface area contributed by atoms with Crippen LogP contribution in [0.15, 0.2) is 0 Å². The second-order valence-corrected chi connectivity index (χ2v) is 2.65. The van der Waals surface area contributed by atoms with Crippen molar-refractivity contribution in [2.24, 2.45) is 0 Å². The van der Waals surface area contributed by atoms with Crippen LogP contribution in [-0.4, -0.2) is 18.5 Å². The Hall–Kier alpha value is 0.128. The van der Waals surface area contributed by atoms with Gasteiger partial charge in [0.2, 0.25) is 0 Å². The van der Waals surface area contributed by atoms with E-state index in [0.29, 0.717) is 0 Å². The molecular weight excluding hydrogens is 192 g/mol. The van der Waals surface area contributed by atoms with Gasteiger partial charge in [-0.15, -0.1) is 0 Å². The van der Waals surface area contributed by atoms with E-state index in [1.807, 2.05) is 0 Å². The third-order valence-electron chi connectivity index (χ3n) is 0. The fraction of sp³-hybridized carbons (Fsp3) is 0. The molecule has 0 amide bonds. The zero-order valence-electron chi connectivity index (χ0n) is 3.12. The van der Waals surface area contributed by atoms with Crippen molar-refractivity contribution in [2.75, 3.05) is 0 Å². The first-order valence-electron chi connectivity index (χ1n) is 0.698. The Kier molecular flexibility index (Phi) is 9.63. The standard InChI is InChI=1S/Mo.4H2O.2O/h;4*1H2;;/q+2;;;;;;/p-2. The van der Waals surface area contributed by atoms with Crippen LogP contribution in [0, 0.1) is 0 Å². The maximum atomic E-state index is 8.85. The molecule has 0 aromatic rings. The van der Waals surface area contributed by atoms with Gasteiger partial charge in [0.1, 0.15) is 0 Å². The second-order valence-electron chi connectivity index (χ2n) is 0.448. The third-order valence-corrected chi connectivity index (χ3v) is 0. The summed E-state index contributed by atoms with van der Waals surface area (Å²) >= 11 is -5.52. The number of hydrogen-bond acceptors (Lipinski definition) is 2. The van der Waals surface area contributed by atoms with Crippen molar-refractivity contribution in [3.8, 4) is 0 Å². The summed E-state index contributed by atoms with van der Waals surface area (Å²) < 4.78 is 32.0. The SMILES string of the molecule is O.O.[O]=[Mo](=[O])([OH])[OH]. The number of rotatable bonds is 0. The Labute approximate surface area is 42.7 Å². The van der Waals surface area contributed by atoms with Crippen molar-refractivity contribution >= 4 is 0 Å². The average molecular weight is 198 g/mol. The van der Waals surface area contributed by atoms with Crippen LogP contribution in [0.3, 0.4) is 0 Å². The van der Waals surface area contributed by atoms with E-state index in [-0.39, 0.29) is 11.0 Å². The van der Waals surface area contributed by atoms with Gasteiger partial charge >= 0.3 is 31.1 Å². The Morgan fingerprint density at radius 2 is 1.00 bits per heavy atom. The second kappa shape index (κ2) is 4.29. The van der Waals surface area contributed by atoms with Gasteiger partial charge in [-0.1, -0.05) is 0 Å². The molecule has 0 spiro atoms. The minimum atomic E-state index is -5.52. The van der Waals surface area contributed by atoms with E-state index < -0.39 is 16.7 Å². The zero-order chi connectivity index (χ0) is 4.50. The molecule has 0 unspecified atom stereocenters. The summed E-state index contributed by atoms with van der Waals surface area (Å²) in [4.78, 5) is 0. The van der Waals surface area contributed by atoms with E-state index in [1.54, 1.807) is 0 Å². The van der Waals surface area contributed by atoms with E-state index in [2.05, 4.69) is 0 Å². The minimum absolute atomic E-state index is 0. The molecule has 48 valence electrons. The van der Waals surface area contributed by atoms with Crippen LogP contribution in [0.5, 0.6) is 0 Å². The van der Waals surface area contributed by atoms with E-state index in [0.717, 1.165) is 0 Å². The molecule has 0 bridgehead atoms. The van der Waals surface area contributed by atoms with E-state index in [9.17, 15) is 0 Å². The van der Waals surface area contributed by atoms with Crippen molar-refractivity contribution in [3.05, 3.63) is 0 Å². The van der Waals surface area contributed by atoms with Crippen molar-refractivity contribution in [1.82, 2.24) is 0 Å². The monoisotopic (exact) mass is 200 g/mol. The van der Waals surface area contributed by atoms with E-state index >= 15 is 0 Å². The summed E-state index contributed by atoms with van der Waals surface area (Å²) in [5, 5.41) is 0. The Balaban J connectivity index is -0.0000000800. The molecule has 0 fully saturated rings. The molecule has 0 radical (unpaired) electrons. The predicted octanol–water partition coefficient (Wildman–Crippen LogP) is -3.00. The Morgan fingerprint density at radius 1 is 1.00 bits per heavy atom. The quantitative estimate of drug-likeness (QED) is 0.400. The Bertz CT molecular complexity index is 87.3. The summed E-state index contributed by atoms with van der Waals surface area (Å²) in [7, 11) is 0. The summed E-state index contributed by atoms with van der Waals surface area (Å²) in [5.41, 5.74) is 0. The maximum absolute atomic E-state index is 8.85. The van der Waals surface area contributed by atoms with Gasteiger partial charge in [0.15, 0.2) is 0 Å². The third kappa shape index (κ3) is 6340. The van der Waals surface area contributed by atoms with Crippen molar-refractivity contribution in [1.29, 1.82) is 0 Å². The van der Waals surface area contributed by atoms with Gasteiger partial charge in [0.25, 0.3) is 0 Å². The van der Waals surface area contributed by atoms with Gasteiger partial charge in [-0.3, -0.25) is 0 Å². The van der Waals surface area contributed by atoms with Crippen molar-refractivity contribution in [2.45, 2.75) is 0 Å². The van der Waals surface area contributed by atoms with Crippen molar-refractivity contribution in [3.63, 3.8) is 0 Å². The molecule has 0 aliphatic heterocycles. The van der Waals surface area contributed by atoms with Gasteiger partial charge < -0.3 is 11.0 Å². The number of hydrogen-bond donors (Lipinski definition) is 2. The summed E-state index contributed by atoms with van der Waals surface area (Å²) in [5.74, 6) is 0. The molecule has 0 saturated heterocycles. The van der Waals surface area contributed by atoms with Crippen LogP contribution >= 0.6 is 0 Å². The van der Waals surface area contributed by atoms with Crippen LogP contribution < -0.4 is 0 Å². The normalized spacial score (nSPS) is 8.29. The molecule has 6 N–H and O–H groups in total. The van der Waals surface area contributed by atoms with Gasteiger partial charge in [-0.2, -0.15) is 0 Å². The molecule has 0 aliphatic rings. The van der Waals surface area contributed by atoms with Gasteiger partial charge in [0, 0.05) is 0 Å². The van der Waals surface area contributed by atoms with Crippen LogP contribution in [0.1, 0.15) is 0 Å². The van der Waals surface area contributed by atoms with Crippen LogP contribution in [0.25, 0.3) is 0 Å². The molecule has 0 rings (SSSR count). The van der Waals surface area contributed by atoms with Gasteiger partial charge in [0.05, 0.1) is 0 Å². The van der Waals surface area contributed by atoms with Gasteiger partial charge in [-0.25, -0.2) is 0 Å². The molecule has 0 saturated carbocycles. The summed E-state index contributed by atoms with van der Waals surface area (Å²) in [6, 6.07) is 0. The zero-order valence-corrected chi connectivity index (χ0v) is 5.13. The van der Waals surface area contributed by atoms with Crippen molar-refractivity contribution < 1.29 is 42.0 Å².